The maximum atomic E-state index is 12.9. The first-order valence-corrected chi connectivity index (χ1v) is 9.92. The molecule has 0 unspecified atom stereocenters. The normalized spacial score (nSPS) is 13.0. The molecule has 0 fully saturated rings. The third kappa shape index (κ3) is 4.49. The van der Waals surface area contributed by atoms with E-state index in [1.54, 1.807) is 29.1 Å². The number of carbonyl (C=O) groups excluding carboxylic acids is 1. The number of amides is 2. The van der Waals surface area contributed by atoms with Crippen LogP contribution in [0.2, 0.25) is 0 Å². The highest BCUT2D eigenvalue weighted by Crippen LogP contribution is 2.31. The van der Waals surface area contributed by atoms with Gasteiger partial charge in [-0.3, -0.25) is 9.80 Å². The molecule has 0 saturated carbocycles. The average Bonchev–Trinajstić information content (AvgIpc) is 2.81. The van der Waals surface area contributed by atoms with Gasteiger partial charge in [0.25, 0.3) is 0 Å². The molecule has 2 heterocycles. The summed E-state index contributed by atoms with van der Waals surface area (Å²) in [6.07, 6.45) is 3.45. The molecule has 31 heavy (non-hydrogen) atoms. The molecule has 2 amide bonds. The van der Waals surface area contributed by atoms with Gasteiger partial charge in [-0.1, -0.05) is 36.4 Å². The molecule has 158 valence electrons. The van der Waals surface area contributed by atoms with Gasteiger partial charge < -0.3 is 15.4 Å². The topological polar surface area (TPSA) is 82.6 Å². The van der Waals surface area contributed by atoms with Gasteiger partial charge in [0, 0.05) is 24.5 Å². The number of rotatable bonds is 8. The summed E-state index contributed by atoms with van der Waals surface area (Å²) in [6.45, 7) is 4.87. The van der Waals surface area contributed by atoms with Gasteiger partial charge in [-0.2, -0.15) is 4.98 Å². The Labute approximate surface area is 181 Å². The van der Waals surface area contributed by atoms with Crippen molar-refractivity contribution >= 4 is 34.9 Å². The Bertz CT molecular complexity index is 1070. The summed E-state index contributed by atoms with van der Waals surface area (Å²) in [7, 11) is 1.72. The van der Waals surface area contributed by atoms with Crippen LogP contribution in [0.15, 0.2) is 73.4 Å². The number of aromatic nitrogens is 2. The van der Waals surface area contributed by atoms with Crippen LogP contribution >= 0.6 is 0 Å². The van der Waals surface area contributed by atoms with E-state index in [4.69, 9.17) is 4.74 Å². The van der Waals surface area contributed by atoms with Crippen molar-refractivity contribution in [1.82, 2.24) is 9.97 Å². The fourth-order valence-electron chi connectivity index (χ4n) is 3.32. The molecule has 1 aromatic heterocycles. The van der Waals surface area contributed by atoms with Gasteiger partial charge in [0.15, 0.2) is 0 Å². The fourth-order valence-corrected chi connectivity index (χ4v) is 3.32. The Balaban J connectivity index is 1.54. The second kappa shape index (κ2) is 9.27. The minimum absolute atomic E-state index is 0.134. The molecule has 2 aromatic carbocycles. The quantitative estimate of drug-likeness (QED) is 0.322. The lowest BCUT2D eigenvalue weighted by Crippen LogP contribution is -2.45. The number of anilines is 5. The molecule has 8 heteroatoms. The van der Waals surface area contributed by atoms with Crippen LogP contribution < -0.4 is 20.4 Å². The van der Waals surface area contributed by atoms with Crippen molar-refractivity contribution < 1.29 is 9.53 Å². The van der Waals surface area contributed by atoms with Gasteiger partial charge in [0.2, 0.25) is 5.95 Å². The predicted octanol–water partition coefficient (Wildman–Crippen LogP) is 4.37. The Morgan fingerprint density at radius 3 is 2.65 bits per heavy atom. The van der Waals surface area contributed by atoms with Crippen LogP contribution in [0.1, 0.15) is 5.56 Å². The van der Waals surface area contributed by atoms with Gasteiger partial charge in [-0.15, -0.1) is 6.58 Å². The molecule has 3 aromatic rings. The van der Waals surface area contributed by atoms with Crippen molar-refractivity contribution in [1.29, 1.82) is 0 Å². The lowest BCUT2D eigenvalue weighted by molar-refractivity contribution is 0.183. The van der Waals surface area contributed by atoms with Crippen molar-refractivity contribution in [2.45, 2.75) is 6.54 Å². The molecular formula is C23H24N6O2. The van der Waals surface area contributed by atoms with Crippen molar-refractivity contribution in [2.75, 3.05) is 40.8 Å². The highest BCUT2D eigenvalue weighted by molar-refractivity contribution is 6.05. The molecule has 4 rings (SSSR count). The summed E-state index contributed by atoms with van der Waals surface area (Å²) in [5.74, 6) is 1.00. The first kappa shape index (κ1) is 20.4. The van der Waals surface area contributed by atoms with E-state index in [1.165, 1.54) is 0 Å². The number of nitrogens with one attached hydrogen (secondary N) is 2. The number of hydrogen-bond acceptors (Lipinski definition) is 6. The van der Waals surface area contributed by atoms with Gasteiger partial charge in [0.05, 0.1) is 24.5 Å². The third-order valence-electron chi connectivity index (χ3n) is 4.85. The number of carbonyl (C=O) groups is 1. The second-order valence-corrected chi connectivity index (χ2v) is 6.96. The van der Waals surface area contributed by atoms with Crippen LogP contribution in [0.25, 0.3) is 0 Å². The van der Waals surface area contributed by atoms with Crippen LogP contribution in [-0.2, 0) is 11.3 Å². The van der Waals surface area contributed by atoms with Crippen molar-refractivity contribution in [3.63, 3.8) is 0 Å². The van der Waals surface area contributed by atoms with E-state index in [0.29, 0.717) is 31.6 Å². The summed E-state index contributed by atoms with van der Waals surface area (Å²) in [5, 5.41) is 6.44. The van der Waals surface area contributed by atoms with E-state index in [1.807, 2.05) is 54.6 Å². The Morgan fingerprint density at radius 2 is 1.87 bits per heavy atom. The Hall–Kier alpha value is -3.91. The van der Waals surface area contributed by atoms with Gasteiger partial charge >= 0.3 is 6.03 Å². The fraction of sp³-hybridized carbons (Fsp3) is 0.174. The van der Waals surface area contributed by atoms with E-state index in [2.05, 4.69) is 27.2 Å². The number of fused-ring (bicyclic) bond motifs is 1. The maximum Gasteiger partial charge on any atom is 0.330 e. The molecular weight excluding hydrogens is 392 g/mol. The number of para-hydroxylation sites is 3. The average molecular weight is 416 g/mol. The van der Waals surface area contributed by atoms with E-state index < -0.39 is 0 Å². The van der Waals surface area contributed by atoms with Crippen molar-refractivity contribution in [2.24, 2.45) is 0 Å². The SMILES string of the molecule is C=CCOCNc1ccccc1Nc1ncc2c(n1)N(C)C(=O)N(c1ccccc1)C2. The highest BCUT2D eigenvalue weighted by Gasteiger charge is 2.30. The van der Waals surface area contributed by atoms with Gasteiger partial charge in [-0.25, -0.2) is 9.78 Å². The molecule has 0 saturated heterocycles. The first-order valence-electron chi connectivity index (χ1n) is 9.92. The lowest BCUT2D eigenvalue weighted by Gasteiger charge is -2.34. The number of hydrogen-bond donors (Lipinski definition) is 2. The van der Waals surface area contributed by atoms with E-state index in [-0.39, 0.29) is 6.03 Å². The van der Waals surface area contributed by atoms with Crippen LogP contribution in [0.4, 0.5) is 33.6 Å². The summed E-state index contributed by atoms with van der Waals surface area (Å²) in [5.41, 5.74) is 3.37. The second-order valence-electron chi connectivity index (χ2n) is 6.96. The summed E-state index contributed by atoms with van der Waals surface area (Å²) in [6, 6.07) is 17.1. The molecule has 0 radical (unpaired) electrons. The van der Waals surface area contributed by atoms with Crippen LogP contribution in [0, 0.1) is 0 Å². The molecule has 0 aliphatic carbocycles. The number of nitrogens with zero attached hydrogens (tertiary/aromatic N) is 4. The minimum atomic E-state index is -0.134. The smallest absolute Gasteiger partial charge is 0.330 e. The van der Waals surface area contributed by atoms with Crippen LogP contribution in [-0.4, -0.2) is 36.4 Å². The third-order valence-corrected chi connectivity index (χ3v) is 4.85. The number of ether oxygens (including phenoxy) is 1. The van der Waals surface area contributed by atoms with E-state index in [9.17, 15) is 4.79 Å². The van der Waals surface area contributed by atoms with E-state index >= 15 is 0 Å². The zero-order chi connectivity index (χ0) is 21.6. The standard InChI is InChI=1S/C23H24N6O2/c1-3-13-31-16-25-19-11-7-8-12-20(19)26-22-24-14-17-15-29(18-9-5-4-6-10-18)23(30)28(2)21(17)27-22/h3-12,14,25H,1,13,15-16H2,2H3,(H,24,26,27). The maximum absolute atomic E-state index is 12.9. The Kier molecular flexibility index (Phi) is 6.09. The molecule has 8 nitrogen and oxygen atoms in total. The lowest BCUT2D eigenvalue weighted by atomic mass is 10.2. The molecule has 0 atom stereocenters. The zero-order valence-electron chi connectivity index (χ0n) is 17.3. The monoisotopic (exact) mass is 416 g/mol. The molecule has 0 spiro atoms. The Morgan fingerprint density at radius 1 is 1.13 bits per heavy atom. The molecule has 1 aliphatic rings. The predicted molar refractivity (Wildman–Crippen MR) is 123 cm³/mol. The number of benzene rings is 2. The molecule has 0 bridgehead atoms. The summed E-state index contributed by atoms with van der Waals surface area (Å²) < 4.78 is 5.40. The van der Waals surface area contributed by atoms with Crippen molar-refractivity contribution in [3.05, 3.63) is 79.0 Å². The van der Waals surface area contributed by atoms with E-state index in [0.717, 1.165) is 22.6 Å². The molecule has 2 N–H and O–H groups in total. The summed E-state index contributed by atoms with van der Waals surface area (Å²) >= 11 is 0. The van der Waals surface area contributed by atoms with Crippen LogP contribution in [0.3, 0.4) is 0 Å². The summed E-state index contributed by atoms with van der Waals surface area (Å²) in [4.78, 5) is 25.3. The van der Waals surface area contributed by atoms with Gasteiger partial charge in [-0.05, 0) is 24.3 Å². The zero-order valence-corrected chi connectivity index (χ0v) is 17.3. The number of urea groups is 1. The van der Waals surface area contributed by atoms with Gasteiger partial charge in [0.1, 0.15) is 12.5 Å². The van der Waals surface area contributed by atoms with Crippen molar-refractivity contribution in [3.8, 4) is 0 Å². The first-order chi connectivity index (χ1) is 15.2. The minimum Gasteiger partial charge on any atom is -0.361 e. The highest BCUT2D eigenvalue weighted by atomic mass is 16.5. The molecule has 1 aliphatic heterocycles. The van der Waals surface area contributed by atoms with Crippen LogP contribution in [0.5, 0.6) is 0 Å². The largest absolute Gasteiger partial charge is 0.361 e.